The summed E-state index contributed by atoms with van der Waals surface area (Å²) in [5, 5.41) is 10.1. The highest BCUT2D eigenvalue weighted by atomic mass is 16.4. The van der Waals surface area contributed by atoms with Crippen LogP contribution < -0.4 is 0 Å². The quantitative estimate of drug-likeness (QED) is 0.741. The van der Waals surface area contributed by atoms with Crippen LogP contribution in [-0.4, -0.2) is 81.5 Å². The van der Waals surface area contributed by atoms with Gasteiger partial charge in [0.15, 0.2) is 0 Å². The number of carboxylic acid groups (broad SMARTS) is 1. The van der Waals surface area contributed by atoms with E-state index in [9.17, 15) is 19.5 Å². The van der Waals surface area contributed by atoms with Gasteiger partial charge in [0.25, 0.3) is 0 Å². The minimum Gasteiger partial charge on any atom is -0.480 e. The number of carboxylic acids is 1. The molecule has 2 aromatic carbocycles. The van der Waals surface area contributed by atoms with Gasteiger partial charge in [-0.3, -0.25) is 0 Å². The summed E-state index contributed by atoms with van der Waals surface area (Å²) in [7, 11) is 3.48. The third kappa shape index (κ3) is 3.87. The van der Waals surface area contributed by atoms with Gasteiger partial charge in [0.05, 0.1) is 6.04 Å². The van der Waals surface area contributed by atoms with Gasteiger partial charge >= 0.3 is 18.0 Å². The average Bonchev–Trinajstić information content (AvgIpc) is 3.45. The normalized spacial score (nSPS) is 26.6. The van der Waals surface area contributed by atoms with Gasteiger partial charge in [-0.15, -0.1) is 0 Å². The highest BCUT2D eigenvalue weighted by Gasteiger charge is 2.70. The third-order valence-corrected chi connectivity index (χ3v) is 7.45. The summed E-state index contributed by atoms with van der Waals surface area (Å²) in [6.45, 7) is 1.12. The molecule has 2 aromatic rings. The summed E-state index contributed by atoms with van der Waals surface area (Å²) in [4.78, 5) is 45.8. The van der Waals surface area contributed by atoms with Crippen molar-refractivity contribution in [2.24, 2.45) is 11.8 Å². The van der Waals surface area contributed by atoms with Crippen LogP contribution in [0.5, 0.6) is 0 Å². The van der Waals surface area contributed by atoms with Gasteiger partial charge in [-0.1, -0.05) is 60.7 Å². The molecular formula is C26H30N4O4. The molecule has 3 heterocycles. The maximum Gasteiger partial charge on any atom is 0.326 e. The van der Waals surface area contributed by atoms with Crippen molar-refractivity contribution in [3.05, 3.63) is 71.8 Å². The van der Waals surface area contributed by atoms with E-state index in [0.29, 0.717) is 13.1 Å². The monoisotopic (exact) mass is 462 g/mol. The van der Waals surface area contributed by atoms with Crippen LogP contribution in [-0.2, 0) is 17.9 Å². The van der Waals surface area contributed by atoms with Gasteiger partial charge in [0, 0.05) is 45.7 Å². The topological polar surface area (TPSA) is 84.4 Å². The number of piperidine rings is 1. The van der Waals surface area contributed by atoms with Gasteiger partial charge < -0.3 is 24.7 Å². The van der Waals surface area contributed by atoms with Crippen LogP contribution in [0.25, 0.3) is 0 Å². The molecule has 3 aliphatic heterocycles. The molecule has 1 aliphatic carbocycles. The Bertz CT molecular complexity index is 1080. The lowest BCUT2D eigenvalue weighted by atomic mass is 10.1. The van der Waals surface area contributed by atoms with Crippen LogP contribution in [0, 0.1) is 11.8 Å². The standard InChI is InChI=1S/C26H30N4O4/c1-27(14-17-9-5-3-6-10-17)25(33)29-16-19-13-20-21(23(29)24(31)32)22(20)30(19)26(34)28(2)15-18-11-7-4-8-12-18/h3-12,19-23H,13-16H2,1-2H3,(H,31,32)/t19-,20?,21?,22+,23-/m0/s1. The highest BCUT2D eigenvalue weighted by Crippen LogP contribution is 2.58. The summed E-state index contributed by atoms with van der Waals surface area (Å²) in [6, 6.07) is 17.8. The van der Waals surface area contributed by atoms with Crippen LogP contribution >= 0.6 is 0 Å². The van der Waals surface area contributed by atoms with Crippen LogP contribution in [0.3, 0.4) is 0 Å². The van der Waals surface area contributed by atoms with E-state index in [1.165, 1.54) is 4.90 Å². The van der Waals surface area contributed by atoms with Crippen LogP contribution in [0.4, 0.5) is 9.59 Å². The number of rotatable bonds is 5. The Kier molecular flexibility index (Phi) is 5.67. The van der Waals surface area contributed by atoms with Gasteiger partial charge in [-0.05, 0) is 23.5 Å². The number of fused-ring (bicyclic) bond motifs is 2. The van der Waals surface area contributed by atoms with Crippen molar-refractivity contribution in [3.8, 4) is 0 Å². The molecule has 8 nitrogen and oxygen atoms in total. The number of urea groups is 2. The summed E-state index contributed by atoms with van der Waals surface area (Å²) < 4.78 is 0. The molecule has 1 saturated carbocycles. The third-order valence-electron chi connectivity index (χ3n) is 7.45. The SMILES string of the molecule is CN(Cc1ccccc1)C(=O)N1C[C@@H]2CC3C([C@@H]3N2C(=O)N(C)Cc2ccccc2)[C@H]1C(=O)O. The summed E-state index contributed by atoms with van der Waals surface area (Å²) >= 11 is 0. The summed E-state index contributed by atoms with van der Waals surface area (Å²) in [6.07, 6.45) is 0.746. The molecule has 3 saturated heterocycles. The zero-order valence-corrected chi connectivity index (χ0v) is 19.4. The van der Waals surface area contributed by atoms with E-state index >= 15 is 0 Å². The molecule has 1 N–H and O–H groups in total. The smallest absolute Gasteiger partial charge is 0.326 e. The van der Waals surface area contributed by atoms with Crippen LogP contribution in [0.1, 0.15) is 17.5 Å². The number of aliphatic carboxylic acids is 1. The summed E-state index contributed by atoms with van der Waals surface area (Å²) in [5.74, 6) is -1.08. The molecule has 4 bridgehead atoms. The molecule has 4 fully saturated rings. The van der Waals surface area contributed by atoms with Crippen LogP contribution in [0.2, 0.25) is 0 Å². The van der Waals surface area contributed by atoms with Crippen molar-refractivity contribution in [1.29, 1.82) is 0 Å². The van der Waals surface area contributed by atoms with Gasteiger partial charge in [0.1, 0.15) is 6.04 Å². The zero-order chi connectivity index (χ0) is 24.0. The average molecular weight is 463 g/mol. The molecular weight excluding hydrogens is 432 g/mol. The second-order valence-corrected chi connectivity index (χ2v) is 9.71. The van der Waals surface area contributed by atoms with E-state index in [-0.39, 0.29) is 42.5 Å². The lowest BCUT2D eigenvalue weighted by molar-refractivity contribution is -0.143. The predicted octanol–water partition coefficient (Wildman–Crippen LogP) is 2.95. The molecule has 8 heteroatoms. The minimum atomic E-state index is -0.994. The molecule has 0 aromatic heterocycles. The van der Waals surface area contributed by atoms with Crippen molar-refractivity contribution in [2.45, 2.75) is 37.6 Å². The second kappa shape index (κ2) is 8.66. The van der Waals surface area contributed by atoms with Crippen molar-refractivity contribution in [2.75, 3.05) is 20.6 Å². The van der Waals surface area contributed by atoms with Gasteiger partial charge in [-0.25, -0.2) is 14.4 Å². The molecule has 178 valence electrons. The minimum absolute atomic E-state index is 0.0973. The van der Waals surface area contributed by atoms with Crippen molar-refractivity contribution >= 4 is 18.0 Å². The molecule has 6 rings (SSSR count). The first-order chi connectivity index (χ1) is 16.4. The fourth-order valence-corrected chi connectivity index (χ4v) is 5.92. The maximum absolute atomic E-state index is 13.4. The first-order valence-electron chi connectivity index (χ1n) is 11.7. The summed E-state index contributed by atoms with van der Waals surface area (Å²) in [5.41, 5.74) is 2.02. The Hall–Kier alpha value is -3.55. The molecule has 4 aliphatic rings. The Morgan fingerprint density at radius 2 is 1.41 bits per heavy atom. The Morgan fingerprint density at radius 3 is 1.94 bits per heavy atom. The Morgan fingerprint density at radius 1 is 0.882 bits per heavy atom. The number of amides is 4. The number of carbonyl (C=O) groups excluding carboxylic acids is 2. The number of hydrogen-bond acceptors (Lipinski definition) is 3. The number of carbonyl (C=O) groups is 3. The van der Waals surface area contributed by atoms with Crippen LogP contribution in [0.15, 0.2) is 60.7 Å². The van der Waals surface area contributed by atoms with E-state index < -0.39 is 12.0 Å². The first-order valence-corrected chi connectivity index (χ1v) is 11.7. The number of hydrogen-bond donors (Lipinski definition) is 1. The van der Waals surface area contributed by atoms with Gasteiger partial charge in [-0.2, -0.15) is 0 Å². The van der Waals surface area contributed by atoms with Crippen molar-refractivity contribution < 1.29 is 19.5 Å². The van der Waals surface area contributed by atoms with Crippen molar-refractivity contribution in [1.82, 2.24) is 19.6 Å². The fraction of sp³-hybridized carbons (Fsp3) is 0.423. The Labute approximate surface area is 199 Å². The fourth-order valence-electron chi connectivity index (χ4n) is 5.92. The lowest BCUT2D eigenvalue weighted by Crippen LogP contribution is -2.53. The predicted molar refractivity (Wildman–Crippen MR) is 126 cm³/mol. The van der Waals surface area contributed by atoms with Crippen molar-refractivity contribution in [3.63, 3.8) is 0 Å². The van der Waals surface area contributed by atoms with E-state index in [2.05, 4.69) is 0 Å². The van der Waals surface area contributed by atoms with E-state index in [1.54, 1.807) is 23.9 Å². The highest BCUT2D eigenvalue weighted by molar-refractivity contribution is 5.85. The lowest BCUT2D eigenvalue weighted by Gasteiger charge is -2.34. The zero-order valence-electron chi connectivity index (χ0n) is 19.4. The maximum atomic E-state index is 13.4. The molecule has 0 spiro atoms. The largest absolute Gasteiger partial charge is 0.480 e. The van der Waals surface area contributed by atoms with E-state index in [1.807, 2.05) is 65.6 Å². The van der Waals surface area contributed by atoms with E-state index in [0.717, 1.165) is 17.5 Å². The van der Waals surface area contributed by atoms with Gasteiger partial charge in [0.2, 0.25) is 0 Å². The molecule has 2 unspecified atom stereocenters. The molecule has 34 heavy (non-hydrogen) atoms. The Balaban J connectivity index is 1.34. The first kappa shape index (κ1) is 22.3. The molecule has 4 amide bonds. The number of nitrogens with zero attached hydrogens (tertiary/aromatic N) is 4. The molecule has 0 radical (unpaired) electrons. The molecule has 5 atom stereocenters. The second-order valence-electron chi connectivity index (χ2n) is 9.71. The van der Waals surface area contributed by atoms with E-state index in [4.69, 9.17) is 0 Å². The number of benzene rings is 2.